The van der Waals surface area contributed by atoms with Crippen LogP contribution in [0.1, 0.15) is 12.5 Å². The number of aryl methyl sites for hydroxylation is 1. The van der Waals surface area contributed by atoms with Gasteiger partial charge >= 0.3 is 0 Å². The molecule has 0 saturated heterocycles. The van der Waals surface area contributed by atoms with Gasteiger partial charge in [-0.2, -0.15) is 0 Å². The van der Waals surface area contributed by atoms with E-state index in [1.165, 1.54) is 12.7 Å². The zero-order valence-corrected chi connectivity index (χ0v) is 9.04. The number of H-pyrrole nitrogens is 2. The summed E-state index contributed by atoms with van der Waals surface area (Å²) >= 11 is 0. The van der Waals surface area contributed by atoms with Crippen molar-refractivity contribution in [1.29, 1.82) is 0 Å². The minimum atomic E-state index is -0.449. The molecule has 0 atom stereocenters. The van der Waals surface area contributed by atoms with E-state index in [2.05, 4.69) is 19.9 Å². The third-order valence-corrected chi connectivity index (χ3v) is 2.86. The second-order valence-corrected chi connectivity index (χ2v) is 3.73. The van der Waals surface area contributed by atoms with Crippen molar-refractivity contribution in [1.82, 2.24) is 19.9 Å². The second kappa shape index (κ2) is 3.38. The van der Waals surface area contributed by atoms with E-state index in [-0.39, 0.29) is 11.1 Å². The summed E-state index contributed by atoms with van der Waals surface area (Å²) in [7, 11) is 0. The van der Waals surface area contributed by atoms with E-state index in [1.54, 1.807) is 6.92 Å². The Morgan fingerprint density at radius 2 is 1.94 bits per heavy atom. The highest BCUT2D eigenvalue weighted by Crippen LogP contribution is 2.26. The molecule has 1 aromatic carbocycles. The largest absolute Gasteiger partial charge is 0.343 e. The van der Waals surface area contributed by atoms with Crippen molar-refractivity contribution in [2.75, 3.05) is 0 Å². The van der Waals surface area contributed by atoms with Gasteiger partial charge in [0.05, 0.1) is 23.6 Å². The Labute approximate surface area is 94.7 Å². The number of aromatic nitrogens is 4. The summed E-state index contributed by atoms with van der Waals surface area (Å²) in [5.74, 6) is -0.449. The molecule has 0 aliphatic heterocycles. The fourth-order valence-corrected chi connectivity index (χ4v) is 2.10. The summed E-state index contributed by atoms with van der Waals surface area (Å²) < 4.78 is 14.1. The molecule has 3 aromatic rings. The summed E-state index contributed by atoms with van der Waals surface area (Å²) in [5.41, 5.74) is 1.17. The van der Waals surface area contributed by atoms with Gasteiger partial charge in [-0.3, -0.25) is 4.79 Å². The highest BCUT2D eigenvalue weighted by molar-refractivity contribution is 6.03. The molecule has 0 fully saturated rings. The molecule has 0 bridgehead atoms. The van der Waals surface area contributed by atoms with Gasteiger partial charge in [-0.05, 0) is 6.42 Å². The second-order valence-electron chi connectivity index (χ2n) is 3.73. The Kier molecular flexibility index (Phi) is 1.98. The van der Waals surface area contributed by atoms with E-state index in [4.69, 9.17) is 0 Å². The van der Waals surface area contributed by atoms with Gasteiger partial charge in [0.2, 0.25) is 0 Å². The van der Waals surface area contributed by atoms with Gasteiger partial charge in [-0.25, -0.2) is 14.4 Å². The number of rotatable bonds is 1. The number of hydrogen-bond acceptors (Lipinski definition) is 3. The lowest BCUT2D eigenvalue weighted by atomic mass is 10.0. The summed E-state index contributed by atoms with van der Waals surface area (Å²) in [6, 6.07) is 0. The van der Waals surface area contributed by atoms with Crippen LogP contribution in [0.5, 0.6) is 0 Å². The molecular weight excluding hydrogens is 223 g/mol. The first-order chi connectivity index (χ1) is 8.24. The molecule has 6 heteroatoms. The van der Waals surface area contributed by atoms with Crippen LogP contribution in [0, 0.1) is 5.82 Å². The fraction of sp³-hybridized carbons (Fsp3) is 0.182. The van der Waals surface area contributed by atoms with Crippen molar-refractivity contribution in [2.24, 2.45) is 0 Å². The highest BCUT2D eigenvalue weighted by atomic mass is 19.1. The maximum Gasteiger partial charge on any atom is 0.259 e. The van der Waals surface area contributed by atoms with Crippen LogP contribution in [0.3, 0.4) is 0 Å². The van der Waals surface area contributed by atoms with Gasteiger partial charge < -0.3 is 9.97 Å². The molecule has 3 rings (SSSR count). The third-order valence-electron chi connectivity index (χ3n) is 2.86. The number of hydrogen-bond donors (Lipinski definition) is 2. The number of imidazole rings is 1. The topological polar surface area (TPSA) is 74.4 Å². The van der Waals surface area contributed by atoms with Crippen LogP contribution in [0.2, 0.25) is 0 Å². The maximum atomic E-state index is 14.1. The molecule has 2 heterocycles. The normalized spacial score (nSPS) is 11.4. The molecule has 0 radical (unpaired) electrons. The lowest BCUT2D eigenvalue weighted by molar-refractivity contribution is 0.624. The van der Waals surface area contributed by atoms with Crippen LogP contribution in [0.15, 0.2) is 17.4 Å². The number of fused-ring (bicyclic) bond motifs is 3. The van der Waals surface area contributed by atoms with E-state index in [0.29, 0.717) is 28.4 Å². The van der Waals surface area contributed by atoms with Crippen LogP contribution in [-0.4, -0.2) is 19.9 Å². The van der Waals surface area contributed by atoms with E-state index < -0.39 is 5.82 Å². The third kappa shape index (κ3) is 1.20. The molecular formula is C11H9FN4O. The van der Waals surface area contributed by atoms with E-state index in [9.17, 15) is 9.18 Å². The lowest BCUT2D eigenvalue weighted by Gasteiger charge is -2.05. The van der Waals surface area contributed by atoms with E-state index in [1.807, 2.05) is 0 Å². The zero-order chi connectivity index (χ0) is 12.0. The fourth-order valence-electron chi connectivity index (χ4n) is 2.10. The average molecular weight is 232 g/mol. The first-order valence-electron chi connectivity index (χ1n) is 5.24. The molecule has 2 N–H and O–H groups in total. The quantitative estimate of drug-likeness (QED) is 0.667. The van der Waals surface area contributed by atoms with Crippen LogP contribution in [0.4, 0.5) is 4.39 Å². The van der Waals surface area contributed by atoms with Gasteiger partial charge in [-0.15, -0.1) is 0 Å². The summed E-state index contributed by atoms with van der Waals surface area (Å²) in [4.78, 5) is 25.1. The monoisotopic (exact) mass is 232 g/mol. The Balaban J connectivity index is 2.72. The predicted molar refractivity (Wildman–Crippen MR) is 61.4 cm³/mol. The van der Waals surface area contributed by atoms with Crippen molar-refractivity contribution in [3.63, 3.8) is 0 Å². The Morgan fingerprint density at radius 1 is 1.24 bits per heavy atom. The van der Waals surface area contributed by atoms with Gasteiger partial charge in [0.25, 0.3) is 5.56 Å². The standard InChI is InChI=1S/C11H9FN4O/c1-2-5-6-8(13-4-16-11(6)17)10-9(7(5)12)14-3-15-10/h3-4H,2H2,1H3,(H,14,15)(H,13,16,17). The van der Waals surface area contributed by atoms with E-state index >= 15 is 0 Å². The zero-order valence-electron chi connectivity index (χ0n) is 9.04. The molecule has 0 spiro atoms. The smallest absolute Gasteiger partial charge is 0.259 e. The minimum absolute atomic E-state index is 0.229. The van der Waals surface area contributed by atoms with Gasteiger partial charge in [0.15, 0.2) is 5.82 Å². The van der Waals surface area contributed by atoms with Crippen molar-refractivity contribution in [2.45, 2.75) is 13.3 Å². The molecule has 5 nitrogen and oxygen atoms in total. The van der Waals surface area contributed by atoms with Gasteiger partial charge in [0.1, 0.15) is 11.0 Å². The maximum absolute atomic E-state index is 14.1. The summed E-state index contributed by atoms with van der Waals surface area (Å²) in [6.07, 6.45) is 3.12. The molecule has 2 aromatic heterocycles. The Bertz CT molecular complexity index is 774. The van der Waals surface area contributed by atoms with E-state index in [0.717, 1.165) is 0 Å². The minimum Gasteiger partial charge on any atom is -0.343 e. The molecule has 0 saturated carbocycles. The summed E-state index contributed by atoms with van der Waals surface area (Å²) in [6.45, 7) is 1.79. The Hall–Kier alpha value is -2.24. The van der Waals surface area contributed by atoms with Crippen molar-refractivity contribution in [3.05, 3.63) is 34.4 Å². The highest BCUT2D eigenvalue weighted by Gasteiger charge is 2.17. The van der Waals surface area contributed by atoms with Crippen LogP contribution in [0.25, 0.3) is 21.9 Å². The van der Waals surface area contributed by atoms with Crippen molar-refractivity contribution in [3.8, 4) is 0 Å². The van der Waals surface area contributed by atoms with Crippen LogP contribution >= 0.6 is 0 Å². The number of nitrogens with zero attached hydrogens (tertiary/aromatic N) is 2. The number of nitrogens with one attached hydrogen (secondary N) is 2. The number of benzene rings is 1. The molecule has 0 amide bonds. The SMILES string of the molecule is CCc1c(F)c2nc[nH]c2c2nc[nH]c(=O)c12. The van der Waals surface area contributed by atoms with Crippen molar-refractivity contribution < 1.29 is 4.39 Å². The van der Waals surface area contributed by atoms with Crippen molar-refractivity contribution >= 4 is 21.9 Å². The average Bonchev–Trinajstić information content (AvgIpc) is 2.80. The molecule has 0 aliphatic rings. The molecule has 0 aliphatic carbocycles. The number of aromatic amines is 2. The van der Waals surface area contributed by atoms with Gasteiger partial charge in [-0.1, -0.05) is 6.92 Å². The molecule has 17 heavy (non-hydrogen) atoms. The lowest BCUT2D eigenvalue weighted by Crippen LogP contribution is -2.10. The first kappa shape index (κ1) is 9.95. The predicted octanol–water partition coefficient (Wildman–Crippen LogP) is 1.50. The number of halogens is 1. The first-order valence-corrected chi connectivity index (χ1v) is 5.24. The van der Waals surface area contributed by atoms with Crippen LogP contribution < -0.4 is 5.56 Å². The van der Waals surface area contributed by atoms with Gasteiger partial charge in [0, 0.05) is 5.56 Å². The Morgan fingerprint density at radius 3 is 2.71 bits per heavy atom. The molecule has 86 valence electrons. The summed E-state index contributed by atoms with van der Waals surface area (Å²) in [5, 5.41) is 0.296. The molecule has 0 unspecified atom stereocenters. The van der Waals surface area contributed by atoms with Crippen LogP contribution in [-0.2, 0) is 6.42 Å².